The molecule has 468 valence electrons. The Balaban J connectivity index is 4.32. The van der Waals surface area contributed by atoms with E-state index in [0.717, 1.165) is 103 Å². The van der Waals surface area contributed by atoms with Crippen molar-refractivity contribution in [3.63, 3.8) is 0 Å². The van der Waals surface area contributed by atoms with Crippen LogP contribution in [0.15, 0.2) is 85.1 Å². The van der Waals surface area contributed by atoms with Crippen LogP contribution in [0.2, 0.25) is 0 Å². The molecule has 0 saturated carbocycles. The van der Waals surface area contributed by atoms with Crippen LogP contribution in [-0.4, -0.2) is 37.2 Å². The molecule has 0 bridgehead atoms. The molecule has 0 spiro atoms. The number of hydrogen-bond acceptors (Lipinski definition) is 6. The van der Waals surface area contributed by atoms with Crippen LogP contribution in [-0.2, 0) is 28.6 Å². The SMILES string of the molecule is CC/C=C\C/C=C\C/C=C\C/C=C\CCCCCCCCCCCCC(=O)OC(COC(=O)CCCCCCC/C=C\C/C=C\CCCCC)COC(=O)CCCCCCCCCCCCCCC/C=C\CCCCCCCCCC. The van der Waals surface area contributed by atoms with Gasteiger partial charge in [-0.05, 0) is 116 Å². The lowest BCUT2D eigenvalue weighted by Gasteiger charge is -2.18. The summed E-state index contributed by atoms with van der Waals surface area (Å²) in [5.74, 6) is -0.882. The molecule has 1 unspecified atom stereocenters. The fraction of sp³-hybridized carbons (Fsp3) is 0.773. The van der Waals surface area contributed by atoms with Crippen molar-refractivity contribution in [2.45, 2.75) is 361 Å². The molecular formula is C75H132O6. The van der Waals surface area contributed by atoms with Crippen molar-refractivity contribution in [1.82, 2.24) is 0 Å². The van der Waals surface area contributed by atoms with Crippen LogP contribution in [0, 0.1) is 0 Å². The van der Waals surface area contributed by atoms with Crippen molar-refractivity contribution in [3.05, 3.63) is 85.1 Å². The topological polar surface area (TPSA) is 78.9 Å². The van der Waals surface area contributed by atoms with E-state index in [1.165, 1.54) is 212 Å². The molecule has 0 rings (SSSR count). The highest BCUT2D eigenvalue weighted by molar-refractivity contribution is 5.71. The first kappa shape index (κ1) is 77.6. The van der Waals surface area contributed by atoms with Crippen LogP contribution >= 0.6 is 0 Å². The molecule has 0 radical (unpaired) electrons. The zero-order chi connectivity index (χ0) is 58.5. The minimum atomic E-state index is -0.787. The monoisotopic (exact) mass is 1130 g/mol. The molecule has 0 aliphatic rings. The molecule has 0 aromatic heterocycles. The van der Waals surface area contributed by atoms with Gasteiger partial charge in [0.1, 0.15) is 13.2 Å². The lowest BCUT2D eigenvalue weighted by Crippen LogP contribution is -2.30. The average Bonchev–Trinajstić information content (AvgIpc) is 3.47. The fourth-order valence-corrected chi connectivity index (χ4v) is 10.1. The summed E-state index contributed by atoms with van der Waals surface area (Å²) in [5, 5.41) is 0. The summed E-state index contributed by atoms with van der Waals surface area (Å²) < 4.78 is 17.0. The van der Waals surface area contributed by atoms with Gasteiger partial charge in [0.05, 0.1) is 0 Å². The second-order valence-corrected chi connectivity index (χ2v) is 23.4. The summed E-state index contributed by atoms with van der Waals surface area (Å²) in [6.45, 7) is 6.53. The Kier molecular flexibility index (Phi) is 66.2. The molecule has 0 saturated heterocycles. The molecule has 0 aliphatic heterocycles. The van der Waals surface area contributed by atoms with E-state index in [-0.39, 0.29) is 31.1 Å². The van der Waals surface area contributed by atoms with Crippen LogP contribution in [0.25, 0.3) is 0 Å². The van der Waals surface area contributed by atoms with Crippen LogP contribution in [0.1, 0.15) is 355 Å². The van der Waals surface area contributed by atoms with Crippen molar-refractivity contribution in [2.24, 2.45) is 0 Å². The van der Waals surface area contributed by atoms with E-state index >= 15 is 0 Å². The molecular weight excluding hydrogens is 997 g/mol. The Hall–Kier alpha value is -3.41. The third-order valence-corrected chi connectivity index (χ3v) is 15.4. The smallest absolute Gasteiger partial charge is 0.306 e. The summed E-state index contributed by atoms with van der Waals surface area (Å²) in [6.07, 6.45) is 91.7. The normalized spacial score (nSPS) is 12.6. The third kappa shape index (κ3) is 67.3. The van der Waals surface area contributed by atoms with Crippen LogP contribution < -0.4 is 0 Å². The van der Waals surface area contributed by atoms with Crippen LogP contribution in [0.3, 0.4) is 0 Å². The van der Waals surface area contributed by atoms with Crippen LogP contribution in [0.5, 0.6) is 0 Å². The quantitative estimate of drug-likeness (QED) is 0.0261. The molecule has 0 heterocycles. The zero-order valence-corrected chi connectivity index (χ0v) is 53.8. The second kappa shape index (κ2) is 69.1. The molecule has 0 amide bonds. The lowest BCUT2D eigenvalue weighted by atomic mass is 10.0. The van der Waals surface area contributed by atoms with Gasteiger partial charge in [0.15, 0.2) is 6.10 Å². The van der Waals surface area contributed by atoms with Crippen molar-refractivity contribution in [3.8, 4) is 0 Å². The van der Waals surface area contributed by atoms with Gasteiger partial charge < -0.3 is 14.2 Å². The maximum absolute atomic E-state index is 13.0. The zero-order valence-electron chi connectivity index (χ0n) is 53.8. The summed E-state index contributed by atoms with van der Waals surface area (Å²) in [6, 6.07) is 0. The van der Waals surface area contributed by atoms with Gasteiger partial charge in [-0.15, -0.1) is 0 Å². The number of carbonyl (C=O) groups is 3. The number of rotatable bonds is 64. The van der Waals surface area contributed by atoms with Crippen molar-refractivity contribution in [2.75, 3.05) is 13.2 Å². The molecule has 0 aromatic carbocycles. The van der Waals surface area contributed by atoms with Gasteiger partial charge in [-0.1, -0.05) is 305 Å². The Morgan fingerprint density at radius 1 is 0.259 bits per heavy atom. The van der Waals surface area contributed by atoms with Gasteiger partial charge in [0.2, 0.25) is 0 Å². The predicted octanol–water partition coefficient (Wildman–Crippen LogP) is 24.2. The Labute approximate surface area is 503 Å². The van der Waals surface area contributed by atoms with E-state index in [1.54, 1.807) is 0 Å². The largest absolute Gasteiger partial charge is 0.462 e. The average molecular weight is 1130 g/mol. The van der Waals surface area contributed by atoms with Gasteiger partial charge in [0, 0.05) is 19.3 Å². The number of ether oxygens (including phenoxy) is 3. The summed E-state index contributed by atoms with van der Waals surface area (Å²) in [5.41, 5.74) is 0. The Morgan fingerprint density at radius 3 is 0.790 bits per heavy atom. The molecule has 6 nitrogen and oxygen atoms in total. The van der Waals surface area contributed by atoms with Crippen molar-refractivity contribution in [1.29, 1.82) is 0 Å². The van der Waals surface area contributed by atoms with Gasteiger partial charge in [0.25, 0.3) is 0 Å². The second-order valence-electron chi connectivity index (χ2n) is 23.4. The van der Waals surface area contributed by atoms with Crippen molar-refractivity contribution < 1.29 is 28.6 Å². The van der Waals surface area contributed by atoms with Gasteiger partial charge >= 0.3 is 17.9 Å². The van der Waals surface area contributed by atoms with E-state index < -0.39 is 6.10 Å². The highest BCUT2D eigenvalue weighted by atomic mass is 16.6. The van der Waals surface area contributed by atoms with Gasteiger partial charge in [-0.2, -0.15) is 0 Å². The summed E-state index contributed by atoms with van der Waals surface area (Å²) in [7, 11) is 0. The first-order valence-electron chi connectivity index (χ1n) is 35.1. The molecule has 0 aliphatic carbocycles. The lowest BCUT2D eigenvalue weighted by molar-refractivity contribution is -0.167. The predicted molar refractivity (Wildman–Crippen MR) is 353 cm³/mol. The maximum Gasteiger partial charge on any atom is 0.306 e. The number of carbonyl (C=O) groups excluding carboxylic acids is 3. The Bertz CT molecular complexity index is 1530. The van der Waals surface area contributed by atoms with E-state index in [1.807, 2.05) is 0 Å². The minimum absolute atomic E-state index is 0.0806. The number of unbranched alkanes of at least 4 members (excludes halogenated alkanes) is 39. The van der Waals surface area contributed by atoms with E-state index in [2.05, 4.69) is 106 Å². The molecule has 0 fully saturated rings. The van der Waals surface area contributed by atoms with Gasteiger partial charge in [-0.3, -0.25) is 14.4 Å². The highest BCUT2D eigenvalue weighted by Crippen LogP contribution is 2.17. The Morgan fingerprint density at radius 2 is 0.481 bits per heavy atom. The number of allylic oxidation sites excluding steroid dienone is 14. The molecule has 81 heavy (non-hydrogen) atoms. The maximum atomic E-state index is 13.0. The molecule has 1 atom stereocenters. The third-order valence-electron chi connectivity index (χ3n) is 15.4. The standard InChI is InChI=1S/C75H132O6/c1-4-7-10-13-16-19-22-25-28-30-32-34-36-37-39-40-42-44-47-50-53-56-59-62-65-68-74(77)80-71-72(70-79-73(76)67-64-61-58-55-52-49-46-27-24-21-18-15-12-9-6-3)81-75(78)69-66-63-60-57-54-51-48-45-43-41-38-35-33-31-29-26-23-20-17-14-11-8-5-2/h8,11,17-18,20-21,26-27,29-30,32-33,35,46,72H,4-7,9-10,12-16,19,22-25,28,31,34,36-45,47-71H2,1-3H3/b11-8-,20-17-,21-18-,29-26-,32-30-,35-33-,46-27-. The minimum Gasteiger partial charge on any atom is -0.462 e. The highest BCUT2D eigenvalue weighted by Gasteiger charge is 2.19. The summed E-state index contributed by atoms with van der Waals surface area (Å²) in [4.78, 5) is 38.5. The number of esters is 3. The van der Waals surface area contributed by atoms with E-state index in [0.29, 0.717) is 19.3 Å². The van der Waals surface area contributed by atoms with Crippen molar-refractivity contribution >= 4 is 17.9 Å². The number of hydrogen-bond donors (Lipinski definition) is 0. The summed E-state index contributed by atoms with van der Waals surface area (Å²) >= 11 is 0. The fourth-order valence-electron chi connectivity index (χ4n) is 10.1. The first-order valence-corrected chi connectivity index (χ1v) is 35.1. The molecule has 6 heteroatoms. The molecule has 0 N–H and O–H groups in total. The van der Waals surface area contributed by atoms with E-state index in [4.69, 9.17) is 14.2 Å². The first-order chi connectivity index (χ1) is 40.0. The molecule has 0 aromatic rings. The van der Waals surface area contributed by atoms with Crippen LogP contribution in [0.4, 0.5) is 0 Å². The van der Waals surface area contributed by atoms with Gasteiger partial charge in [-0.25, -0.2) is 0 Å². The van der Waals surface area contributed by atoms with E-state index in [9.17, 15) is 14.4 Å².